The molecule has 0 saturated carbocycles. The van der Waals surface area contributed by atoms with E-state index in [1.165, 1.54) is 0 Å². The van der Waals surface area contributed by atoms with Crippen LogP contribution in [-0.2, 0) is 4.79 Å². The van der Waals surface area contributed by atoms with Crippen LogP contribution in [-0.4, -0.2) is 36.0 Å². The summed E-state index contributed by atoms with van der Waals surface area (Å²) in [5.41, 5.74) is 0. The van der Waals surface area contributed by atoms with Crippen LogP contribution in [0.3, 0.4) is 0 Å². The van der Waals surface area contributed by atoms with Gasteiger partial charge in [0.15, 0.2) is 5.78 Å². The van der Waals surface area contributed by atoms with Gasteiger partial charge in [0.25, 0.3) is 0 Å². The number of thioether (sulfide) groups is 1. The predicted molar refractivity (Wildman–Crippen MR) is 57.5 cm³/mol. The summed E-state index contributed by atoms with van der Waals surface area (Å²) in [7, 11) is 0. The van der Waals surface area contributed by atoms with Gasteiger partial charge in [0.2, 0.25) is 0 Å². The van der Waals surface area contributed by atoms with Crippen LogP contribution in [0.2, 0.25) is 0 Å². The lowest BCUT2D eigenvalue weighted by atomic mass is 10.1. The van der Waals surface area contributed by atoms with Crippen molar-refractivity contribution in [2.24, 2.45) is 0 Å². The fourth-order valence-corrected chi connectivity index (χ4v) is 2.75. The Morgan fingerprint density at radius 3 is 2.69 bits per heavy atom. The van der Waals surface area contributed by atoms with Crippen molar-refractivity contribution < 1.29 is 4.79 Å². The molecule has 2 rings (SSSR count). The van der Waals surface area contributed by atoms with E-state index < -0.39 is 0 Å². The first-order valence-electron chi connectivity index (χ1n) is 4.50. The SMILES string of the molecule is Cl.O=C(C1CCCN1)C1NCCS1. The molecule has 5 heteroatoms. The second kappa shape index (κ2) is 5.20. The Morgan fingerprint density at radius 2 is 2.15 bits per heavy atom. The molecular weight excluding hydrogens is 208 g/mol. The normalized spacial score (nSPS) is 32.9. The molecule has 0 aliphatic carbocycles. The summed E-state index contributed by atoms with van der Waals surface area (Å²) in [4.78, 5) is 11.7. The lowest BCUT2D eigenvalue weighted by Crippen LogP contribution is -2.41. The summed E-state index contributed by atoms with van der Waals surface area (Å²) in [5, 5.41) is 6.51. The molecule has 2 atom stereocenters. The number of hydrogen-bond donors (Lipinski definition) is 2. The van der Waals surface area contributed by atoms with Gasteiger partial charge < -0.3 is 5.32 Å². The zero-order valence-corrected chi connectivity index (χ0v) is 9.05. The lowest BCUT2D eigenvalue weighted by Gasteiger charge is -2.13. The minimum atomic E-state index is 0. The molecule has 0 aromatic heterocycles. The van der Waals surface area contributed by atoms with E-state index >= 15 is 0 Å². The maximum atomic E-state index is 11.7. The van der Waals surface area contributed by atoms with Crippen LogP contribution in [0.25, 0.3) is 0 Å². The molecule has 2 fully saturated rings. The molecule has 2 aliphatic heterocycles. The first-order valence-corrected chi connectivity index (χ1v) is 5.55. The van der Waals surface area contributed by atoms with Gasteiger partial charge in [0.1, 0.15) is 5.37 Å². The predicted octanol–water partition coefficient (Wildman–Crippen LogP) is 0.392. The highest BCUT2D eigenvalue weighted by Gasteiger charge is 2.30. The number of ketones is 1. The van der Waals surface area contributed by atoms with Crippen molar-refractivity contribution >= 4 is 30.0 Å². The highest BCUT2D eigenvalue weighted by molar-refractivity contribution is 8.00. The molecule has 2 heterocycles. The summed E-state index contributed by atoms with van der Waals surface area (Å²) in [6, 6.07) is 0.132. The third kappa shape index (κ3) is 2.59. The smallest absolute Gasteiger partial charge is 0.176 e. The van der Waals surface area contributed by atoms with E-state index in [2.05, 4.69) is 10.6 Å². The molecule has 0 radical (unpaired) electrons. The molecular formula is C8H15ClN2OS. The second-order valence-electron chi connectivity index (χ2n) is 3.26. The Balaban J connectivity index is 0.000000845. The van der Waals surface area contributed by atoms with Crippen molar-refractivity contribution in [2.45, 2.75) is 24.3 Å². The first-order chi connectivity index (χ1) is 5.88. The standard InChI is InChI=1S/C8H14N2OS.ClH/c11-7(6-2-1-3-9-6)8-10-4-5-12-8;/h6,8-10H,1-5H2;1H. The molecule has 2 N–H and O–H groups in total. The van der Waals surface area contributed by atoms with Gasteiger partial charge in [-0.2, -0.15) is 0 Å². The molecule has 13 heavy (non-hydrogen) atoms. The summed E-state index contributed by atoms with van der Waals surface area (Å²) < 4.78 is 0. The molecule has 0 aromatic carbocycles. The van der Waals surface area contributed by atoms with Crippen LogP contribution >= 0.6 is 24.2 Å². The second-order valence-corrected chi connectivity index (χ2v) is 4.47. The van der Waals surface area contributed by atoms with Crippen molar-refractivity contribution in [3.05, 3.63) is 0 Å². The van der Waals surface area contributed by atoms with Gasteiger partial charge in [-0.25, -0.2) is 0 Å². The fourth-order valence-electron chi connectivity index (χ4n) is 1.72. The lowest BCUT2D eigenvalue weighted by molar-refractivity contribution is -0.120. The van der Waals surface area contributed by atoms with Crippen LogP contribution in [0.15, 0.2) is 0 Å². The van der Waals surface area contributed by atoms with E-state index in [-0.39, 0.29) is 23.8 Å². The topological polar surface area (TPSA) is 41.1 Å². The Bertz CT molecular complexity index is 161. The summed E-state index contributed by atoms with van der Waals surface area (Å²) in [6.07, 6.45) is 2.17. The van der Waals surface area contributed by atoms with Gasteiger partial charge in [-0.1, -0.05) is 0 Å². The quantitative estimate of drug-likeness (QED) is 0.710. The summed E-state index contributed by atoms with van der Waals surface area (Å²) in [5.74, 6) is 1.43. The van der Waals surface area contributed by atoms with Gasteiger partial charge in [-0.15, -0.1) is 24.2 Å². The minimum Gasteiger partial charge on any atom is -0.307 e. The van der Waals surface area contributed by atoms with Crippen molar-refractivity contribution in [1.82, 2.24) is 10.6 Å². The molecule has 0 bridgehead atoms. The number of carbonyl (C=O) groups is 1. The van der Waals surface area contributed by atoms with Gasteiger partial charge in [0.05, 0.1) is 6.04 Å². The molecule has 0 spiro atoms. The Morgan fingerprint density at radius 1 is 1.31 bits per heavy atom. The highest BCUT2D eigenvalue weighted by Crippen LogP contribution is 2.18. The van der Waals surface area contributed by atoms with Crippen LogP contribution < -0.4 is 10.6 Å². The van der Waals surface area contributed by atoms with E-state index in [4.69, 9.17) is 0 Å². The Kier molecular flexibility index (Phi) is 4.52. The van der Waals surface area contributed by atoms with Crippen molar-refractivity contribution in [1.29, 1.82) is 0 Å². The van der Waals surface area contributed by atoms with Gasteiger partial charge >= 0.3 is 0 Å². The van der Waals surface area contributed by atoms with Crippen molar-refractivity contribution in [3.8, 4) is 0 Å². The Hall–Kier alpha value is 0.230. The van der Waals surface area contributed by atoms with Crippen LogP contribution in [0.4, 0.5) is 0 Å². The number of halogens is 1. The maximum Gasteiger partial charge on any atom is 0.176 e. The van der Waals surface area contributed by atoms with E-state index in [1.807, 2.05) is 0 Å². The number of hydrogen-bond acceptors (Lipinski definition) is 4. The zero-order chi connectivity index (χ0) is 8.39. The maximum absolute atomic E-state index is 11.7. The minimum absolute atomic E-state index is 0. The molecule has 0 aromatic rings. The molecule has 76 valence electrons. The molecule has 0 amide bonds. The Labute approximate surface area is 88.8 Å². The average molecular weight is 223 g/mol. The molecule has 3 nitrogen and oxygen atoms in total. The van der Waals surface area contributed by atoms with E-state index in [0.717, 1.165) is 31.7 Å². The number of rotatable bonds is 2. The third-order valence-corrected chi connectivity index (χ3v) is 3.55. The monoisotopic (exact) mass is 222 g/mol. The summed E-state index contributed by atoms with van der Waals surface area (Å²) >= 11 is 1.74. The molecule has 2 aliphatic rings. The fraction of sp³-hybridized carbons (Fsp3) is 0.875. The zero-order valence-electron chi connectivity index (χ0n) is 7.41. The van der Waals surface area contributed by atoms with E-state index in [1.54, 1.807) is 11.8 Å². The average Bonchev–Trinajstić information content (AvgIpc) is 2.77. The largest absolute Gasteiger partial charge is 0.307 e. The van der Waals surface area contributed by atoms with E-state index in [9.17, 15) is 4.79 Å². The van der Waals surface area contributed by atoms with Gasteiger partial charge in [-0.3, -0.25) is 10.1 Å². The summed E-state index contributed by atoms with van der Waals surface area (Å²) in [6.45, 7) is 1.99. The van der Waals surface area contributed by atoms with Crippen molar-refractivity contribution in [2.75, 3.05) is 18.8 Å². The third-order valence-electron chi connectivity index (χ3n) is 2.38. The number of Topliss-reactive ketones (excluding diaryl/α,β-unsaturated/α-hetero) is 1. The van der Waals surface area contributed by atoms with Crippen LogP contribution in [0.1, 0.15) is 12.8 Å². The highest BCUT2D eigenvalue weighted by atomic mass is 35.5. The molecule has 2 unspecified atom stereocenters. The van der Waals surface area contributed by atoms with Crippen LogP contribution in [0, 0.1) is 0 Å². The number of nitrogens with one attached hydrogen (secondary N) is 2. The first kappa shape index (κ1) is 11.3. The van der Waals surface area contributed by atoms with Gasteiger partial charge in [-0.05, 0) is 19.4 Å². The van der Waals surface area contributed by atoms with Gasteiger partial charge in [0, 0.05) is 12.3 Å². The van der Waals surface area contributed by atoms with Crippen molar-refractivity contribution in [3.63, 3.8) is 0 Å². The van der Waals surface area contributed by atoms with E-state index in [0.29, 0.717) is 5.78 Å². The molecule has 2 saturated heterocycles. The van der Waals surface area contributed by atoms with Crippen LogP contribution in [0.5, 0.6) is 0 Å². The number of carbonyl (C=O) groups excluding carboxylic acids is 1.